The SMILES string of the molecule is CC(O)Cn1cc(NC(=O)C2(C3CCCCCC3)COC2)c2c(Cl)ccnc21. The molecule has 1 aliphatic heterocycles. The van der Waals surface area contributed by atoms with Crippen molar-refractivity contribution in [2.45, 2.75) is 58.1 Å². The number of carbonyl (C=O) groups is 1. The van der Waals surface area contributed by atoms with Gasteiger partial charge >= 0.3 is 0 Å². The molecule has 1 amide bonds. The molecule has 1 saturated heterocycles. The van der Waals surface area contributed by atoms with Crippen LogP contribution in [0.1, 0.15) is 45.4 Å². The molecule has 2 aromatic rings. The van der Waals surface area contributed by atoms with E-state index in [0.29, 0.717) is 42.0 Å². The van der Waals surface area contributed by atoms with Crippen molar-refractivity contribution in [3.8, 4) is 0 Å². The Hall–Kier alpha value is -1.63. The summed E-state index contributed by atoms with van der Waals surface area (Å²) in [6, 6.07) is 1.72. The first-order valence-corrected chi connectivity index (χ1v) is 10.6. The summed E-state index contributed by atoms with van der Waals surface area (Å²) >= 11 is 6.44. The Morgan fingerprint density at radius 1 is 1.39 bits per heavy atom. The second kappa shape index (κ2) is 8.01. The van der Waals surface area contributed by atoms with E-state index < -0.39 is 11.5 Å². The number of pyridine rings is 1. The normalized spacial score (nSPS) is 21.1. The Balaban J connectivity index is 1.64. The van der Waals surface area contributed by atoms with Gasteiger partial charge in [-0.1, -0.05) is 37.3 Å². The van der Waals surface area contributed by atoms with Crippen LogP contribution in [-0.2, 0) is 16.1 Å². The minimum absolute atomic E-state index is 0.0154. The number of ether oxygens (including phenoxy) is 1. The topological polar surface area (TPSA) is 76.4 Å². The molecule has 0 spiro atoms. The molecule has 0 radical (unpaired) electrons. The van der Waals surface area contributed by atoms with E-state index in [0.717, 1.165) is 18.2 Å². The monoisotopic (exact) mass is 405 g/mol. The molecule has 28 heavy (non-hydrogen) atoms. The van der Waals surface area contributed by atoms with Gasteiger partial charge in [-0.3, -0.25) is 4.79 Å². The van der Waals surface area contributed by atoms with Crippen LogP contribution in [0, 0.1) is 11.3 Å². The van der Waals surface area contributed by atoms with Crippen LogP contribution in [0.15, 0.2) is 18.5 Å². The number of halogens is 1. The molecule has 4 rings (SSSR count). The predicted molar refractivity (Wildman–Crippen MR) is 109 cm³/mol. The minimum atomic E-state index is -0.530. The highest BCUT2D eigenvalue weighted by Gasteiger charge is 2.51. The number of rotatable bonds is 5. The molecule has 1 aliphatic carbocycles. The summed E-state index contributed by atoms with van der Waals surface area (Å²) in [7, 11) is 0. The third-order valence-corrected chi connectivity index (χ3v) is 6.54. The molecular formula is C21H28ClN3O3. The van der Waals surface area contributed by atoms with Gasteiger partial charge in [0.25, 0.3) is 0 Å². The molecule has 152 valence electrons. The van der Waals surface area contributed by atoms with Crippen LogP contribution in [0.3, 0.4) is 0 Å². The first kappa shape index (κ1) is 19.7. The van der Waals surface area contributed by atoms with Crippen molar-refractivity contribution in [2.75, 3.05) is 18.5 Å². The number of hydrogen-bond acceptors (Lipinski definition) is 4. The average Bonchev–Trinajstić information content (AvgIpc) is 2.79. The van der Waals surface area contributed by atoms with Crippen LogP contribution < -0.4 is 5.32 Å². The summed E-state index contributed by atoms with van der Waals surface area (Å²) in [6.45, 7) is 3.08. The zero-order valence-electron chi connectivity index (χ0n) is 16.3. The van der Waals surface area contributed by atoms with Gasteiger partial charge in [-0.05, 0) is 31.7 Å². The first-order chi connectivity index (χ1) is 13.5. The number of hydrogen-bond donors (Lipinski definition) is 2. The number of aliphatic hydroxyl groups is 1. The van der Waals surface area contributed by atoms with E-state index in [9.17, 15) is 9.90 Å². The van der Waals surface area contributed by atoms with Gasteiger partial charge in [0.05, 0.1) is 40.8 Å². The lowest BCUT2D eigenvalue weighted by Crippen LogP contribution is -2.56. The highest BCUT2D eigenvalue weighted by atomic mass is 35.5. The summed E-state index contributed by atoms with van der Waals surface area (Å²) < 4.78 is 7.37. The van der Waals surface area contributed by atoms with Gasteiger partial charge in [0.1, 0.15) is 5.65 Å². The number of aliphatic hydroxyl groups excluding tert-OH is 1. The third kappa shape index (κ3) is 3.53. The second-order valence-electron chi connectivity index (χ2n) is 8.33. The number of fused-ring (bicyclic) bond motifs is 1. The smallest absolute Gasteiger partial charge is 0.235 e. The molecular weight excluding hydrogens is 378 g/mol. The Morgan fingerprint density at radius 2 is 2.11 bits per heavy atom. The Bertz CT molecular complexity index is 852. The Labute approximate surface area is 170 Å². The van der Waals surface area contributed by atoms with E-state index in [1.165, 1.54) is 25.7 Å². The number of anilines is 1. The van der Waals surface area contributed by atoms with E-state index in [-0.39, 0.29) is 5.91 Å². The average molecular weight is 406 g/mol. The van der Waals surface area contributed by atoms with E-state index in [1.807, 2.05) is 10.8 Å². The van der Waals surface area contributed by atoms with Crippen molar-refractivity contribution >= 4 is 34.2 Å². The van der Waals surface area contributed by atoms with Gasteiger partial charge < -0.3 is 19.7 Å². The summed E-state index contributed by atoms with van der Waals surface area (Å²) in [6.07, 6.45) is 9.98. The molecule has 0 aromatic carbocycles. The maximum atomic E-state index is 13.4. The molecule has 1 unspecified atom stereocenters. The van der Waals surface area contributed by atoms with Gasteiger partial charge in [0, 0.05) is 18.9 Å². The van der Waals surface area contributed by atoms with Crippen molar-refractivity contribution in [1.29, 1.82) is 0 Å². The molecule has 2 aromatic heterocycles. The van der Waals surface area contributed by atoms with Gasteiger partial charge in [0.15, 0.2) is 0 Å². The number of carbonyl (C=O) groups excluding carboxylic acids is 1. The molecule has 2 fully saturated rings. The van der Waals surface area contributed by atoms with Crippen LogP contribution in [0.25, 0.3) is 11.0 Å². The maximum absolute atomic E-state index is 13.4. The lowest BCUT2D eigenvalue weighted by Gasteiger charge is -2.45. The summed E-state index contributed by atoms with van der Waals surface area (Å²) in [4.78, 5) is 17.8. The molecule has 3 heterocycles. The molecule has 2 N–H and O–H groups in total. The molecule has 7 heteroatoms. The van der Waals surface area contributed by atoms with Crippen molar-refractivity contribution in [3.05, 3.63) is 23.5 Å². The largest absolute Gasteiger partial charge is 0.392 e. The zero-order valence-corrected chi connectivity index (χ0v) is 17.0. The lowest BCUT2D eigenvalue weighted by molar-refractivity contribution is -0.170. The quantitative estimate of drug-likeness (QED) is 0.737. The Morgan fingerprint density at radius 3 is 2.71 bits per heavy atom. The van der Waals surface area contributed by atoms with Gasteiger partial charge in [0.2, 0.25) is 5.91 Å². The van der Waals surface area contributed by atoms with Crippen molar-refractivity contribution in [3.63, 3.8) is 0 Å². The molecule has 1 atom stereocenters. The number of nitrogens with one attached hydrogen (secondary N) is 1. The van der Waals surface area contributed by atoms with Gasteiger partial charge in [-0.2, -0.15) is 0 Å². The molecule has 1 saturated carbocycles. The van der Waals surface area contributed by atoms with Gasteiger partial charge in [-0.15, -0.1) is 0 Å². The first-order valence-electron chi connectivity index (χ1n) is 10.2. The fourth-order valence-corrected chi connectivity index (χ4v) is 4.89. The van der Waals surface area contributed by atoms with Crippen LogP contribution in [0.2, 0.25) is 5.02 Å². The molecule has 0 bridgehead atoms. The highest BCUT2D eigenvalue weighted by Crippen LogP contribution is 2.44. The van der Waals surface area contributed by atoms with Gasteiger partial charge in [-0.25, -0.2) is 4.98 Å². The Kier molecular flexibility index (Phi) is 5.63. The van der Waals surface area contributed by atoms with Crippen LogP contribution in [0.5, 0.6) is 0 Å². The predicted octanol–water partition coefficient (Wildman–Crippen LogP) is 4.00. The zero-order chi connectivity index (χ0) is 19.7. The van der Waals surface area contributed by atoms with E-state index in [4.69, 9.17) is 16.3 Å². The van der Waals surface area contributed by atoms with Crippen LogP contribution in [-0.4, -0.2) is 39.9 Å². The van der Waals surface area contributed by atoms with Crippen molar-refractivity contribution < 1.29 is 14.6 Å². The van der Waals surface area contributed by atoms with E-state index in [1.54, 1.807) is 19.2 Å². The summed E-state index contributed by atoms with van der Waals surface area (Å²) in [5.74, 6) is 0.379. The van der Waals surface area contributed by atoms with E-state index in [2.05, 4.69) is 10.3 Å². The number of amides is 1. The fourth-order valence-electron chi connectivity index (χ4n) is 4.65. The maximum Gasteiger partial charge on any atom is 0.235 e. The molecule has 6 nitrogen and oxygen atoms in total. The standard InChI is InChI=1S/C21H28ClN3O3/c1-14(26)10-25-11-17(18-16(22)8-9-23-19(18)25)24-20(27)21(12-28-13-21)15-6-4-2-3-5-7-15/h8-9,11,14-15,26H,2-7,10,12-13H2,1H3,(H,24,27). The van der Waals surface area contributed by atoms with E-state index >= 15 is 0 Å². The van der Waals surface area contributed by atoms with Crippen molar-refractivity contribution in [1.82, 2.24) is 9.55 Å². The molecule has 2 aliphatic rings. The second-order valence-corrected chi connectivity index (χ2v) is 8.73. The number of nitrogens with zero attached hydrogens (tertiary/aromatic N) is 2. The van der Waals surface area contributed by atoms with Crippen LogP contribution in [0.4, 0.5) is 5.69 Å². The fraction of sp³-hybridized carbons (Fsp3) is 0.619. The highest BCUT2D eigenvalue weighted by molar-refractivity contribution is 6.36. The van der Waals surface area contributed by atoms with Crippen molar-refractivity contribution in [2.24, 2.45) is 11.3 Å². The lowest BCUT2D eigenvalue weighted by atomic mass is 9.69. The third-order valence-electron chi connectivity index (χ3n) is 6.22. The summed E-state index contributed by atoms with van der Waals surface area (Å²) in [5.41, 5.74) is 0.869. The summed E-state index contributed by atoms with van der Waals surface area (Å²) in [5, 5.41) is 14.2. The minimum Gasteiger partial charge on any atom is -0.392 e. The number of aromatic nitrogens is 2. The van der Waals surface area contributed by atoms with Crippen LogP contribution >= 0.6 is 11.6 Å².